The van der Waals surface area contributed by atoms with E-state index in [1.165, 1.54) is 27.2 Å². The fraction of sp³-hybridized carbons (Fsp3) is 0. The summed E-state index contributed by atoms with van der Waals surface area (Å²) in [5.41, 5.74) is 38.5. The Morgan fingerprint density at radius 3 is 0.792 bits per heavy atom. The fourth-order valence-electron chi connectivity index (χ4n) is 19.4. The first-order valence-corrected chi connectivity index (χ1v) is 41.4. The maximum atomic E-state index is 6.71. The molecule has 0 aliphatic carbocycles. The summed E-state index contributed by atoms with van der Waals surface area (Å²) < 4.78 is 11.8. The fourth-order valence-corrected chi connectivity index (χ4v) is 19.4. The third kappa shape index (κ3) is 11.5. The number of anilines is 6. The van der Waals surface area contributed by atoms with Crippen molar-refractivity contribution in [2.75, 3.05) is 9.80 Å². The number of furan rings is 1. The predicted molar refractivity (Wildman–Crippen MR) is 505 cm³/mol. The van der Waals surface area contributed by atoms with Crippen molar-refractivity contribution in [3.05, 3.63) is 443 Å². The second kappa shape index (κ2) is 28.0. The van der Waals surface area contributed by atoms with Crippen LogP contribution in [-0.2, 0) is 0 Å². The summed E-state index contributed by atoms with van der Waals surface area (Å²) in [5, 5.41) is 6.81. The molecule has 19 aromatic carbocycles. The Kier molecular flexibility index (Phi) is 16.0. The normalized spacial score (nSPS) is 12.3. The van der Waals surface area contributed by atoms with Gasteiger partial charge in [0.05, 0.1) is 22.1 Å². The van der Waals surface area contributed by atoms with Crippen LogP contribution >= 0.6 is 0 Å². The van der Waals surface area contributed by atoms with Crippen molar-refractivity contribution in [2.24, 2.45) is 0 Å². The molecule has 0 atom stereocenters. The number of rotatable bonds is 13. The number of nitrogens with zero attached hydrogens (tertiary/aromatic N) is 4. The number of benzene rings is 19. The molecular formula is C114H73BN4O. The van der Waals surface area contributed by atoms with E-state index in [0.717, 1.165) is 200 Å². The van der Waals surface area contributed by atoms with E-state index in [9.17, 15) is 0 Å². The van der Waals surface area contributed by atoms with Gasteiger partial charge >= 0.3 is 0 Å². The number of aromatic nitrogens is 2. The lowest BCUT2D eigenvalue weighted by Crippen LogP contribution is -2.61. The van der Waals surface area contributed by atoms with Gasteiger partial charge in [-0.05, 0) is 244 Å². The van der Waals surface area contributed by atoms with Crippen molar-refractivity contribution in [1.82, 2.24) is 9.13 Å². The first-order valence-electron chi connectivity index (χ1n) is 41.4. The highest BCUT2D eigenvalue weighted by atomic mass is 16.3. The minimum absolute atomic E-state index is 0.353. The van der Waals surface area contributed by atoms with Crippen molar-refractivity contribution < 1.29 is 4.42 Å². The number of hydrogen-bond donors (Lipinski definition) is 0. The van der Waals surface area contributed by atoms with Crippen molar-refractivity contribution in [3.63, 3.8) is 0 Å². The molecule has 0 radical (unpaired) electrons. The lowest BCUT2D eigenvalue weighted by atomic mass is 9.33. The van der Waals surface area contributed by atoms with E-state index in [1.807, 2.05) is 0 Å². The first-order chi connectivity index (χ1) is 59.5. The molecule has 0 amide bonds. The van der Waals surface area contributed by atoms with Crippen LogP contribution in [0.1, 0.15) is 0 Å². The molecule has 5 nitrogen and oxygen atoms in total. The van der Waals surface area contributed by atoms with Crippen molar-refractivity contribution in [1.29, 1.82) is 0 Å². The quantitative estimate of drug-likeness (QED) is 0.108. The van der Waals surface area contributed by atoms with Crippen LogP contribution < -0.4 is 26.2 Å². The number of hydrogen-bond acceptors (Lipinski definition) is 3. The molecule has 120 heavy (non-hydrogen) atoms. The van der Waals surface area contributed by atoms with Crippen LogP contribution in [0.15, 0.2) is 447 Å². The second-order valence-corrected chi connectivity index (χ2v) is 31.9. The van der Waals surface area contributed by atoms with Gasteiger partial charge in [-0.3, -0.25) is 0 Å². The molecule has 0 saturated carbocycles. The molecule has 22 aromatic rings. The van der Waals surface area contributed by atoms with E-state index in [-0.39, 0.29) is 6.71 Å². The molecule has 24 rings (SSSR count). The van der Waals surface area contributed by atoms with Crippen molar-refractivity contribution >= 4 is 123 Å². The Morgan fingerprint density at radius 2 is 0.450 bits per heavy atom. The third-order valence-electron chi connectivity index (χ3n) is 24.9. The molecule has 6 heteroatoms. The van der Waals surface area contributed by atoms with Crippen LogP contribution in [0.2, 0.25) is 0 Å². The van der Waals surface area contributed by atoms with Crippen LogP contribution in [0.25, 0.3) is 177 Å². The molecule has 0 spiro atoms. The summed E-state index contributed by atoms with van der Waals surface area (Å²) in [6.07, 6.45) is 0. The van der Waals surface area contributed by atoms with Crippen molar-refractivity contribution in [2.45, 2.75) is 0 Å². The summed E-state index contributed by atoms with van der Waals surface area (Å²) in [6, 6.07) is 165. The topological polar surface area (TPSA) is 29.5 Å². The summed E-state index contributed by atoms with van der Waals surface area (Å²) in [6.45, 7) is -0.353. The average Bonchev–Trinajstić information content (AvgIpc) is 1.63. The molecule has 0 unspecified atom stereocenters. The summed E-state index contributed by atoms with van der Waals surface area (Å²) >= 11 is 0. The van der Waals surface area contributed by atoms with Gasteiger partial charge in [0, 0.05) is 77.8 Å². The zero-order valence-electron chi connectivity index (χ0n) is 65.4. The van der Waals surface area contributed by atoms with Gasteiger partial charge in [-0.1, -0.05) is 315 Å². The minimum atomic E-state index is -0.353. The van der Waals surface area contributed by atoms with Gasteiger partial charge in [0.2, 0.25) is 0 Å². The first kappa shape index (κ1) is 68.6. The van der Waals surface area contributed by atoms with Gasteiger partial charge in [0.1, 0.15) is 11.2 Å². The molecule has 0 saturated heterocycles. The van der Waals surface area contributed by atoms with Gasteiger partial charge in [-0.2, -0.15) is 0 Å². The Morgan fingerprint density at radius 1 is 0.167 bits per heavy atom. The molecule has 3 aromatic heterocycles. The minimum Gasteiger partial charge on any atom is -0.456 e. The summed E-state index contributed by atoms with van der Waals surface area (Å²) in [4.78, 5) is 5.31. The largest absolute Gasteiger partial charge is 0.456 e. The highest BCUT2D eigenvalue weighted by Crippen LogP contribution is 2.52. The maximum Gasteiger partial charge on any atom is 0.252 e. The van der Waals surface area contributed by atoms with Gasteiger partial charge in [0.15, 0.2) is 0 Å². The Bertz CT molecular complexity index is 7180. The van der Waals surface area contributed by atoms with Gasteiger partial charge in [0.25, 0.3) is 6.71 Å². The van der Waals surface area contributed by atoms with E-state index >= 15 is 0 Å². The summed E-state index contributed by atoms with van der Waals surface area (Å²) in [7, 11) is 0. The molecule has 0 N–H and O–H groups in total. The van der Waals surface area contributed by atoms with Crippen LogP contribution in [-0.4, -0.2) is 15.8 Å². The SMILES string of the molecule is c1ccc(-c2cc(-c3ccccc3)cc(N3c4cc5c(cc4B4c6cc7c8ccccc8n(-c8cc(-c9ccccc9)cc(-c9ccccc9)c8)c7cc6N(c6cc(-c7ccccc7)cc(-c7ccccc7)c6)c6cc(-c7ccc8oc9ccccc9c8c7)cc3c64)c3ccccc3n5-c3cc(-c4ccccc4)cc(-c4ccccc4)c3)c2)cc1. The predicted octanol–water partition coefficient (Wildman–Crippen LogP) is 28.9. The Labute approximate surface area is 695 Å². The highest BCUT2D eigenvalue weighted by Gasteiger charge is 2.45. The Balaban J connectivity index is 0.869. The molecule has 2 aliphatic rings. The average molecular weight is 1530 g/mol. The zero-order valence-corrected chi connectivity index (χ0v) is 65.4. The van der Waals surface area contributed by atoms with E-state index < -0.39 is 0 Å². The van der Waals surface area contributed by atoms with E-state index in [2.05, 4.69) is 462 Å². The van der Waals surface area contributed by atoms with Crippen LogP contribution in [0.5, 0.6) is 0 Å². The lowest BCUT2D eigenvalue weighted by Gasteiger charge is -2.45. The van der Waals surface area contributed by atoms with E-state index in [0.29, 0.717) is 0 Å². The zero-order chi connectivity index (χ0) is 78.9. The van der Waals surface area contributed by atoms with Gasteiger partial charge in [-0.25, -0.2) is 0 Å². The second-order valence-electron chi connectivity index (χ2n) is 31.9. The molecular weight excluding hydrogens is 1450 g/mol. The number of para-hydroxylation sites is 3. The Hall–Kier alpha value is -15.8. The standard InChI is InChI=1S/C114H73BN4O/c1-9-31-74(32-10-1)83-55-84(75-33-11-2-12-34-75)60-92(59-83)116-104-50-28-25-47-96(104)99-70-102-108(72-106(99)116)118(94-63-87(78-39-17-5-18-40-78)57-88(64-94)79-41-19-6-20-42-79)110-68-91(82-53-54-113-101(67-82)98-49-27-30-52-112(98)120-113)69-111-114(110)115(102)103-71-100-97-48-26-29-51-105(97)117(93-61-85(76-35-13-3-14-36-76)56-86(62-93)77-37-15-4-16-38-77)107(100)73-109(103)119(111)95-65-89(80-43-21-7-22-44-80)58-90(66-95)81-45-23-8-24-46-81/h1-73H. The van der Waals surface area contributed by atoms with Crippen LogP contribution in [0.3, 0.4) is 0 Å². The van der Waals surface area contributed by atoms with Crippen LogP contribution in [0.4, 0.5) is 34.1 Å². The van der Waals surface area contributed by atoms with Crippen LogP contribution in [0, 0.1) is 0 Å². The van der Waals surface area contributed by atoms with Crippen molar-refractivity contribution in [3.8, 4) is 112 Å². The third-order valence-corrected chi connectivity index (χ3v) is 24.9. The van der Waals surface area contributed by atoms with Gasteiger partial charge < -0.3 is 23.4 Å². The summed E-state index contributed by atoms with van der Waals surface area (Å²) in [5.74, 6) is 0. The van der Waals surface area contributed by atoms with E-state index in [1.54, 1.807) is 0 Å². The lowest BCUT2D eigenvalue weighted by molar-refractivity contribution is 0.669. The maximum absolute atomic E-state index is 6.71. The molecule has 5 heterocycles. The molecule has 2 aliphatic heterocycles. The highest BCUT2D eigenvalue weighted by molar-refractivity contribution is 7.00. The molecule has 0 bridgehead atoms. The van der Waals surface area contributed by atoms with Gasteiger partial charge in [-0.15, -0.1) is 0 Å². The monoisotopic (exact) mass is 1520 g/mol. The number of fused-ring (bicyclic) bond motifs is 13. The smallest absolute Gasteiger partial charge is 0.252 e. The molecule has 0 fully saturated rings. The van der Waals surface area contributed by atoms with E-state index in [4.69, 9.17) is 4.42 Å². The molecule has 558 valence electrons.